The number of piperidine rings is 1. The Kier molecular flexibility index (Phi) is 8.91. The monoisotopic (exact) mass is 591 g/mol. The maximum absolute atomic E-state index is 14.9. The molecule has 3 heterocycles. The first kappa shape index (κ1) is 29.0. The molecule has 0 unspecified atom stereocenters. The van der Waals surface area contributed by atoms with Crippen LogP contribution in [0.4, 0.5) is 25.0 Å². The molecular formula is C28H32ClF2N5O5. The van der Waals surface area contributed by atoms with E-state index < -0.39 is 35.4 Å². The second-order valence-corrected chi connectivity index (χ2v) is 10.8. The van der Waals surface area contributed by atoms with E-state index in [2.05, 4.69) is 20.9 Å². The summed E-state index contributed by atoms with van der Waals surface area (Å²) in [7, 11) is 0. The molecule has 0 saturated carbocycles. The molecule has 3 saturated heterocycles. The van der Waals surface area contributed by atoms with Crippen LogP contribution in [0.25, 0.3) is 0 Å². The Morgan fingerprint density at radius 3 is 2.54 bits per heavy atom. The van der Waals surface area contributed by atoms with Crippen molar-refractivity contribution in [2.24, 2.45) is 0 Å². The number of carbonyl (C=O) groups excluding carboxylic acids is 3. The van der Waals surface area contributed by atoms with Gasteiger partial charge in [0.1, 0.15) is 24.0 Å². The Labute approximate surface area is 241 Å². The molecule has 5 rings (SSSR count). The number of rotatable bonds is 8. The molecule has 4 amide bonds. The van der Waals surface area contributed by atoms with Gasteiger partial charge in [0.05, 0.1) is 25.2 Å². The molecule has 0 bridgehead atoms. The van der Waals surface area contributed by atoms with Crippen LogP contribution in [-0.4, -0.2) is 81.3 Å². The van der Waals surface area contributed by atoms with Gasteiger partial charge in [-0.25, -0.2) is 13.6 Å². The Balaban J connectivity index is 1.12. The smallest absolute Gasteiger partial charge is 0.319 e. The Hall–Kier alpha value is -3.48. The molecule has 3 N–H and O–H groups in total. The Morgan fingerprint density at radius 1 is 1.15 bits per heavy atom. The topological polar surface area (TPSA) is 112 Å². The minimum Gasteiger partial charge on any atom is -0.492 e. The van der Waals surface area contributed by atoms with E-state index in [-0.39, 0.29) is 24.4 Å². The number of morpholine rings is 1. The second-order valence-electron chi connectivity index (χ2n) is 10.4. The first-order chi connectivity index (χ1) is 19.7. The van der Waals surface area contributed by atoms with Crippen molar-refractivity contribution >= 4 is 40.8 Å². The number of halogens is 3. The molecule has 41 heavy (non-hydrogen) atoms. The average molecular weight is 592 g/mol. The van der Waals surface area contributed by atoms with Crippen molar-refractivity contribution < 1.29 is 32.6 Å². The summed E-state index contributed by atoms with van der Waals surface area (Å²) in [6.07, 6.45) is 0.0769. The first-order valence-electron chi connectivity index (χ1n) is 13.6. The molecule has 2 aromatic carbocycles. The van der Waals surface area contributed by atoms with Crippen molar-refractivity contribution in [1.29, 1.82) is 0 Å². The lowest BCUT2D eigenvalue weighted by molar-refractivity contribution is -0.134. The molecule has 1 atom stereocenters. The van der Waals surface area contributed by atoms with E-state index in [1.807, 2.05) is 6.92 Å². The lowest BCUT2D eigenvalue weighted by atomic mass is 9.89. The summed E-state index contributed by atoms with van der Waals surface area (Å²) in [5.74, 6) is -3.31. The largest absolute Gasteiger partial charge is 0.492 e. The minimum atomic E-state index is -1.05. The molecule has 0 aromatic heterocycles. The van der Waals surface area contributed by atoms with Crippen molar-refractivity contribution in [3.63, 3.8) is 0 Å². The fraction of sp³-hybridized carbons (Fsp3) is 0.464. The summed E-state index contributed by atoms with van der Waals surface area (Å²) in [6.45, 7) is 6.91. The number of ether oxygens (including phenoxy) is 2. The predicted octanol–water partition coefficient (Wildman–Crippen LogP) is 3.17. The normalized spacial score (nSPS) is 19.9. The number of hydrogen-bond donors (Lipinski definition) is 3. The highest BCUT2D eigenvalue weighted by molar-refractivity contribution is 6.32. The van der Waals surface area contributed by atoms with E-state index in [1.165, 1.54) is 12.1 Å². The van der Waals surface area contributed by atoms with Crippen LogP contribution in [0.15, 0.2) is 24.3 Å². The Morgan fingerprint density at radius 2 is 1.85 bits per heavy atom. The summed E-state index contributed by atoms with van der Waals surface area (Å²) in [5, 5.41) is 8.20. The fourth-order valence-electron chi connectivity index (χ4n) is 5.17. The van der Waals surface area contributed by atoms with Gasteiger partial charge < -0.3 is 25.0 Å². The lowest BCUT2D eigenvalue weighted by Crippen LogP contribution is -2.60. The van der Waals surface area contributed by atoms with Gasteiger partial charge in [-0.2, -0.15) is 0 Å². The highest BCUT2D eigenvalue weighted by atomic mass is 35.5. The number of amides is 4. The van der Waals surface area contributed by atoms with E-state index in [0.29, 0.717) is 55.1 Å². The van der Waals surface area contributed by atoms with Crippen LogP contribution in [0.5, 0.6) is 5.75 Å². The van der Waals surface area contributed by atoms with Crippen LogP contribution in [0, 0.1) is 18.6 Å². The number of hydrogen-bond acceptors (Lipinski definition) is 7. The van der Waals surface area contributed by atoms with Gasteiger partial charge >= 0.3 is 6.03 Å². The number of nitrogens with one attached hydrogen (secondary N) is 3. The SMILES string of the molecule is Cc1c(Cl)cc(NC(=O)NC2CN(c3cc(F)c([C@@H]4CCC(=O)NC4=O)c(F)c3)C2)cc1OCCN1CCOCC1. The van der Waals surface area contributed by atoms with Gasteiger partial charge in [-0.3, -0.25) is 19.8 Å². The van der Waals surface area contributed by atoms with Crippen LogP contribution in [0.2, 0.25) is 5.02 Å². The van der Waals surface area contributed by atoms with Crippen LogP contribution < -0.4 is 25.6 Å². The minimum absolute atomic E-state index is 0.0244. The van der Waals surface area contributed by atoms with Crippen molar-refractivity contribution in [1.82, 2.24) is 15.5 Å². The van der Waals surface area contributed by atoms with Crippen molar-refractivity contribution in [2.75, 3.05) is 62.8 Å². The highest BCUT2D eigenvalue weighted by Gasteiger charge is 2.34. The maximum atomic E-state index is 14.9. The number of carbonyl (C=O) groups is 3. The van der Waals surface area contributed by atoms with Crippen molar-refractivity contribution in [3.8, 4) is 5.75 Å². The number of benzene rings is 2. The molecular weight excluding hydrogens is 560 g/mol. The van der Waals surface area contributed by atoms with Gasteiger partial charge in [0.25, 0.3) is 0 Å². The third-order valence-corrected chi connectivity index (χ3v) is 7.95. The molecule has 0 aliphatic carbocycles. The molecule has 10 nitrogen and oxygen atoms in total. The zero-order chi connectivity index (χ0) is 29.1. The zero-order valence-electron chi connectivity index (χ0n) is 22.6. The maximum Gasteiger partial charge on any atom is 0.319 e. The summed E-state index contributed by atoms with van der Waals surface area (Å²) in [6, 6.07) is 5.03. The van der Waals surface area contributed by atoms with Gasteiger partial charge in [0.15, 0.2) is 0 Å². The molecule has 3 aliphatic rings. The van der Waals surface area contributed by atoms with Gasteiger partial charge in [-0.05, 0) is 31.5 Å². The Bertz CT molecular complexity index is 1310. The zero-order valence-corrected chi connectivity index (χ0v) is 23.4. The third kappa shape index (κ3) is 6.88. The summed E-state index contributed by atoms with van der Waals surface area (Å²) >= 11 is 6.38. The van der Waals surface area contributed by atoms with Crippen LogP contribution in [0.1, 0.15) is 29.9 Å². The molecule has 3 aliphatic heterocycles. The average Bonchev–Trinajstić information content (AvgIpc) is 2.90. The van der Waals surface area contributed by atoms with Crippen molar-refractivity contribution in [2.45, 2.75) is 31.7 Å². The van der Waals surface area contributed by atoms with Crippen LogP contribution in [0.3, 0.4) is 0 Å². The summed E-state index contributed by atoms with van der Waals surface area (Å²) in [5.41, 5.74) is 1.22. The van der Waals surface area contributed by atoms with E-state index in [9.17, 15) is 23.2 Å². The third-order valence-electron chi connectivity index (χ3n) is 7.56. The number of anilines is 2. The quantitative estimate of drug-likeness (QED) is 0.404. The first-order valence-corrected chi connectivity index (χ1v) is 13.9. The summed E-state index contributed by atoms with van der Waals surface area (Å²) < 4.78 is 41.0. The van der Waals surface area contributed by atoms with Gasteiger partial charge in [0, 0.05) is 72.7 Å². The van der Waals surface area contributed by atoms with Gasteiger partial charge in [-0.15, -0.1) is 0 Å². The highest BCUT2D eigenvalue weighted by Crippen LogP contribution is 2.34. The van der Waals surface area contributed by atoms with Crippen LogP contribution >= 0.6 is 11.6 Å². The van der Waals surface area contributed by atoms with Crippen molar-refractivity contribution in [3.05, 3.63) is 52.0 Å². The molecule has 2 aromatic rings. The molecule has 0 radical (unpaired) electrons. The standard InChI is InChI=1S/C28H32ClF2N5O5/c1-16-21(29)10-17(11-24(16)41-9-6-35-4-7-40-8-5-35)32-28(39)33-18-14-36(15-18)19-12-22(30)26(23(31)13-19)20-2-3-25(37)34-27(20)38/h10-13,18,20H,2-9,14-15H2,1H3,(H2,32,33,39)(H,34,37,38)/t20-/m0/s1. The number of nitrogens with zero attached hydrogens (tertiary/aromatic N) is 2. The molecule has 220 valence electrons. The number of urea groups is 1. The van der Waals surface area contributed by atoms with Gasteiger partial charge in [0.2, 0.25) is 11.8 Å². The van der Waals surface area contributed by atoms with E-state index in [4.69, 9.17) is 21.1 Å². The molecule has 0 spiro atoms. The fourth-order valence-corrected chi connectivity index (χ4v) is 5.38. The van der Waals surface area contributed by atoms with Crippen LogP contribution in [-0.2, 0) is 14.3 Å². The second kappa shape index (κ2) is 12.6. The van der Waals surface area contributed by atoms with E-state index in [0.717, 1.165) is 25.2 Å². The lowest BCUT2D eigenvalue weighted by Gasteiger charge is -2.41. The van der Waals surface area contributed by atoms with E-state index in [1.54, 1.807) is 17.0 Å². The predicted molar refractivity (Wildman–Crippen MR) is 149 cm³/mol. The molecule has 13 heteroatoms. The number of imide groups is 1. The summed E-state index contributed by atoms with van der Waals surface area (Å²) in [4.78, 5) is 40.1. The van der Waals surface area contributed by atoms with Gasteiger partial charge in [-0.1, -0.05) is 11.6 Å². The molecule has 3 fully saturated rings. The van der Waals surface area contributed by atoms with E-state index >= 15 is 0 Å².